The molecule has 0 saturated heterocycles. The molecule has 0 aromatic heterocycles. The van der Waals surface area contributed by atoms with E-state index in [4.69, 9.17) is 10.5 Å². The van der Waals surface area contributed by atoms with Gasteiger partial charge in [-0.3, -0.25) is 4.79 Å². The average molecular weight is 373 g/mol. The minimum Gasteiger partial charge on any atom is -0.444 e. The number of ether oxygens (including phenoxy) is 1. The van der Waals surface area contributed by atoms with E-state index >= 15 is 0 Å². The van der Waals surface area contributed by atoms with Gasteiger partial charge in [-0.05, 0) is 24.1 Å². The molecule has 0 spiro atoms. The van der Waals surface area contributed by atoms with Gasteiger partial charge < -0.3 is 10.5 Å². The molecule has 1 aliphatic carbocycles. The minimum atomic E-state index is -0.465. The number of rotatable bonds is 1. The van der Waals surface area contributed by atoms with Gasteiger partial charge in [0.15, 0.2) is 5.78 Å². The van der Waals surface area contributed by atoms with Crippen LogP contribution in [0.2, 0.25) is 0 Å². The number of nitrogens with two attached hydrogens (primary N) is 1. The predicted molar refractivity (Wildman–Crippen MR) is 89.8 cm³/mol. The molecule has 0 radical (unpaired) electrons. The van der Waals surface area contributed by atoms with E-state index in [-0.39, 0.29) is 11.7 Å². The van der Waals surface area contributed by atoms with Crippen LogP contribution >= 0.6 is 15.9 Å². The van der Waals surface area contributed by atoms with Crippen molar-refractivity contribution in [1.29, 1.82) is 5.26 Å². The highest BCUT2D eigenvalue weighted by Crippen LogP contribution is 2.47. The van der Waals surface area contributed by atoms with Gasteiger partial charge in [0.1, 0.15) is 17.4 Å². The molecule has 2 N–H and O–H groups in total. The Morgan fingerprint density at radius 2 is 2.17 bits per heavy atom. The van der Waals surface area contributed by atoms with Crippen molar-refractivity contribution in [3.8, 4) is 6.07 Å². The summed E-state index contributed by atoms with van der Waals surface area (Å²) in [6.45, 7) is 3.87. The number of allylic oxidation sites excluding steroid dienone is 3. The van der Waals surface area contributed by atoms with E-state index in [0.717, 1.165) is 10.0 Å². The Bertz CT molecular complexity index is 799. The topological polar surface area (TPSA) is 76.1 Å². The molecule has 1 atom stereocenters. The first-order valence-electron chi connectivity index (χ1n) is 7.46. The number of nitriles is 1. The number of hydrogen-bond donors (Lipinski definition) is 1. The largest absolute Gasteiger partial charge is 0.444 e. The Balaban J connectivity index is 2.22. The number of carbonyl (C=O) groups is 1. The van der Waals surface area contributed by atoms with Crippen molar-refractivity contribution in [2.75, 3.05) is 0 Å². The molecule has 0 unspecified atom stereocenters. The number of Topliss-reactive ketones (excluding diaryl/α,β-unsaturated/α-hetero) is 1. The number of benzene rings is 1. The normalized spacial score (nSPS) is 23.2. The SMILES string of the molecule is CC1(C)CCC2=C(C1=O)[C@H](c1cccc(Br)c1)C(C#N)=C(N)O2. The molecule has 3 rings (SSSR count). The molecule has 1 aliphatic heterocycles. The molecule has 0 bridgehead atoms. The van der Waals surface area contributed by atoms with E-state index in [9.17, 15) is 10.1 Å². The first kappa shape index (κ1) is 15.8. The zero-order valence-electron chi connectivity index (χ0n) is 13.0. The van der Waals surface area contributed by atoms with Gasteiger partial charge in [0.2, 0.25) is 5.88 Å². The smallest absolute Gasteiger partial charge is 0.205 e. The first-order valence-corrected chi connectivity index (χ1v) is 8.25. The Labute approximate surface area is 143 Å². The summed E-state index contributed by atoms with van der Waals surface area (Å²) < 4.78 is 6.51. The van der Waals surface area contributed by atoms with Crippen LogP contribution in [0, 0.1) is 16.7 Å². The van der Waals surface area contributed by atoms with Crippen LogP contribution in [-0.4, -0.2) is 5.78 Å². The molecule has 23 heavy (non-hydrogen) atoms. The van der Waals surface area contributed by atoms with Crippen LogP contribution in [0.25, 0.3) is 0 Å². The van der Waals surface area contributed by atoms with Crippen molar-refractivity contribution in [3.05, 3.63) is 57.1 Å². The summed E-state index contributed by atoms with van der Waals surface area (Å²) in [5.74, 6) is 0.275. The molecule has 0 amide bonds. The zero-order valence-corrected chi connectivity index (χ0v) is 14.6. The molecule has 0 fully saturated rings. The molecular weight excluding hydrogens is 356 g/mol. The lowest BCUT2D eigenvalue weighted by Gasteiger charge is -2.37. The second-order valence-corrected chi connectivity index (χ2v) is 7.45. The fourth-order valence-corrected chi connectivity index (χ4v) is 3.59. The second kappa shape index (κ2) is 5.54. The summed E-state index contributed by atoms with van der Waals surface area (Å²) in [6, 6.07) is 9.75. The lowest BCUT2D eigenvalue weighted by Crippen LogP contribution is -2.36. The molecule has 0 saturated carbocycles. The Kier molecular flexibility index (Phi) is 3.81. The maximum Gasteiger partial charge on any atom is 0.205 e. The molecular formula is C18H17BrN2O2. The van der Waals surface area contributed by atoms with Crippen molar-refractivity contribution in [2.24, 2.45) is 11.1 Å². The van der Waals surface area contributed by atoms with Crippen molar-refractivity contribution in [1.82, 2.24) is 0 Å². The number of carbonyl (C=O) groups excluding carboxylic acids is 1. The van der Waals surface area contributed by atoms with E-state index in [0.29, 0.717) is 29.7 Å². The molecule has 4 nitrogen and oxygen atoms in total. The molecule has 2 aliphatic rings. The lowest BCUT2D eigenvalue weighted by atomic mass is 9.68. The Morgan fingerprint density at radius 1 is 1.43 bits per heavy atom. The lowest BCUT2D eigenvalue weighted by molar-refractivity contribution is -0.125. The second-order valence-electron chi connectivity index (χ2n) is 6.53. The molecule has 1 aromatic carbocycles. The van der Waals surface area contributed by atoms with Gasteiger partial charge in [-0.1, -0.05) is 41.9 Å². The summed E-state index contributed by atoms with van der Waals surface area (Å²) in [5.41, 5.74) is 7.23. The molecule has 5 heteroatoms. The maximum absolute atomic E-state index is 13.0. The van der Waals surface area contributed by atoms with Crippen molar-refractivity contribution < 1.29 is 9.53 Å². The molecule has 1 heterocycles. The summed E-state index contributed by atoms with van der Waals surface area (Å²) in [5, 5.41) is 9.56. The van der Waals surface area contributed by atoms with Crippen LogP contribution in [0.1, 0.15) is 38.2 Å². The van der Waals surface area contributed by atoms with Crippen LogP contribution in [0.5, 0.6) is 0 Å². The first-order chi connectivity index (χ1) is 10.8. The van der Waals surface area contributed by atoms with Crippen molar-refractivity contribution >= 4 is 21.7 Å². The van der Waals surface area contributed by atoms with Gasteiger partial charge in [0.25, 0.3) is 0 Å². The highest BCUT2D eigenvalue weighted by molar-refractivity contribution is 9.10. The number of hydrogen-bond acceptors (Lipinski definition) is 4. The van der Waals surface area contributed by atoms with Crippen LogP contribution in [0.4, 0.5) is 0 Å². The maximum atomic E-state index is 13.0. The van der Waals surface area contributed by atoms with Crippen LogP contribution in [0.15, 0.2) is 51.5 Å². The fraction of sp³-hybridized carbons (Fsp3) is 0.333. The summed E-state index contributed by atoms with van der Waals surface area (Å²) in [4.78, 5) is 13.0. The van der Waals surface area contributed by atoms with Gasteiger partial charge in [0.05, 0.1) is 5.92 Å². The van der Waals surface area contributed by atoms with E-state index in [1.807, 2.05) is 38.1 Å². The highest BCUT2D eigenvalue weighted by atomic mass is 79.9. The van der Waals surface area contributed by atoms with Crippen molar-refractivity contribution in [3.63, 3.8) is 0 Å². The summed E-state index contributed by atoms with van der Waals surface area (Å²) in [6.07, 6.45) is 1.36. The van der Waals surface area contributed by atoms with Gasteiger partial charge in [-0.25, -0.2) is 0 Å². The monoisotopic (exact) mass is 372 g/mol. The Hall–Kier alpha value is -2.06. The third-order valence-electron chi connectivity index (χ3n) is 4.52. The standard InChI is InChI=1S/C18H17BrN2O2/c1-18(2)7-6-13-15(16(18)22)14(12(9-20)17(21)23-13)10-4-3-5-11(19)8-10/h3-5,8,14H,6-7,21H2,1-2H3/t14-/m1/s1. The number of halogens is 1. The highest BCUT2D eigenvalue weighted by Gasteiger charge is 2.44. The number of ketones is 1. The van der Waals surface area contributed by atoms with E-state index in [2.05, 4.69) is 22.0 Å². The van der Waals surface area contributed by atoms with Crippen LogP contribution in [0.3, 0.4) is 0 Å². The van der Waals surface area contributed by atoms with Gasteiger partial charge >= 0.3 is 0 Å². The summed E-state index contributed by atoms with van der Waals surface area (Å²) in [7, 11) is 0. The van der Waals surface area contributed by atoms with Gasteiger partial charge in [0, 0.05) is 21.9 Å². The molecule has 1 aromatic rings. The fourth-order valence-electron chi connectivity index (χ4n) is 3.18. The van der Waals surface area contributed by atoms with Gasteiger partial charge in [-0.15, -0.1) is 0 Å². The van der Waals surface area contributed by atoms with Crippen LogP contribution in [-0.2, 0) is 9.53 Å². The Morgan fingerprint density at radius 3 is 2.83 bits per heavy atom. The predicted octanol–water partition coefficient (Wildman–Crippen LogP) is 3.90. The zero-order chi connectivity index (χ0) is 16.8. The summed E-state index contributed by atoms with van der Waals surface area (Å²) >= 11 is 3.45. The molecule has 118 valence electrons. The quantitative estimate of drug-likeness (QED) is 0.810. The minimum absolute atomic E-state index is 0.0315. The van der Waals surface area contributed by atoms with Crippen LogP contribution < -0.4 is 5.73 Å². The van der Waals surface area contributed by atoms with E-state index in [1.165, 1.54) is 0 Å². The third-order valence-corrected chi connectivity index (χ3v) is 5.01. The average Bonchev–Trinajstić information content (AvgIpc) is 2.50. The van der Waals surface area contributed by atoms with E-state index in [1.54, 1.807) is 0 Å². The third kappa shape index (κ3) is 2.57. The van der Waals surface area contributed by atoms with E-state index < -0.39 is 11.3 Å². The van der Waals surface area contributed by atoms with Crippen molar-refractivity contribution in [2.45, 2.75) is 32.6 Å². The number of nitrogens with zero attached hydrogens (tertiary/aromatic N) is 1. The van der Waals surface area contributed by atoms with Gasteiger partial charge in [-0.2, -0.15) is 5.26 Å².